The molecule has 11 heteroatoms. The molecule has 1 aliphatic rings. The molecule has 0 bridgehead atoms. The van der Waals surface area contributed by atoms with Gasteiger partial charge in [0.25, 0.3) is 0 Å². The van der Waals surface area contributed by atoms with Crippen molar-refractivity contribution >= 4 is 20.9 Å². The highest BCUT2D eigenvalue weighted by molar-refractivity contribution is 7.74. The number of nitrogens with zero attached hydrogens (tertiary/aromatic N) is 1. The van der Waals surface area contributed by atoms with Crippen LogP contribution in [-0.2, 0) is 32.1 Å². The molecule has 0 aromatic heterocycles. The summed E-state index contributed by atoms with van der Waals surface area (Å²) in [4.78, 5) is 5.64. The van der Waals surface area contributed by atoms with Crippen molar-refractivity contribution in [3.05, 3.63) is 29.8 Å². The van der Waals surface area contributed by atoms with Gasteiger partial charge in [0.2, 0.25) is 0 Å². The molecule has 1 heterocycles. The van der Waals surface area contributed by atoms with Crippen LogP contribution < -0.4 is 4.74 Å². The fraction of sp³-hybridized carbons (Fsp3) is 0.611. The molecular weight excluding hydrogens is 420 g/mol. The standard InChI is InChI=1S/C18H29NO8P2/c1-6-23-28(20,24-7-2)18(29(21,25-8-3)26-9-4)14-17(19-27-18)15-10-12-16(22-5)13-11-15/h10-13H,6-9,14H2,1-5H3. The molecule has 164 valence electrons. The fourth-order valence-electron chi connectivity index (χ4n) is 2.95. The topological polar surface area (TPSA) is 102 Å². The van der Waals surface area contributed by atoms with E-state index < -0.39 is 20.3 Å². The van der Waals surface area contributed by atoms with Gasteiger partial charge in [-0.05, 0) is 57.5 Å². The van der Waals surface area contributed by atoms with Crippen molar-refractivity contribution in [3.8, 4) is 5.75 Å². The molecule has 0 saturated heterocycles. The zero-order valence-electron chi connectivity index (χ0n) is 17.5. The van der Waals surface area contributed by atoms with E-state index in [0.717, 1.165) is 0 Å². The molecule has 29 heavy (non-hydrogen) atoms. The predicted octanol–water partition coefficient (Wildman–Crippen LogP) is 5.01. The van der Waals surface area contributed by atoms with Gasteiger partial charge < -0.3 is 27.7 Å². The Morgan fingerprint density at radius 2 is 1.34 bits per heavy atom. The minimum atomic E-state index is -4.13. The van der Waals surface area contributed by atoms with Crippen molar-refractivity contribution in [2.24, 2.45) is 5.16 Å². The maximum Gasteiger partial charge on any atom is 0.389 e. The van der Waals surface area contributed by atoms with Crippen LogP contribution in [0.25, 0.3) is 0 Å². The molecule has 0 aliphatic carbocycles. The maximum absolute atomic E-state index is 13.8. The van der Waals surface area contributed by atoms with Crippen LogP contribution >= 0.6 is 15.2 Å². The Kier molecular flexibility index (Phi) is 8.47. The molecule has 1 aromatic rings. The van der Waals surface area contributed by atoms with Gasteiger partial charge in [0.1, 0.15) is 5.75 Å². The van der Waals surface area contributed by atoms with E-state index in [1.165, 1.54) is 0 Å². The SMILES string of the molecule is CCOP(=O)(OCC)C1(P(=O)(OCC)OCC)CC(c2ccc(OC)cc2)=NO1. The largest absolute Gasteiger partial charge is 0.497 e. The van der Waals surface area contributed by atoms with Gasteiger partial charge in [-0.2, -0.15) is 0 Å². The predicted molar refractivity (Wildman–Crippen MR) is 110 cm³/mol. The molecule has 0 amide bonds. The van der Waals surface area contributed by atoms with Crippen molar-refractivity contribution in [3.63, 3.8) is 0 Å². The molecule has 9 nitrogen and oxygen atoms in total. The first-order valence-electron chi connectivity index (χ1n) is 9.53. The summed E-state index contributed by atoms with van der Waals surface area (Å²) in [6, 6.07) is 7.06. The molecule has 0 fully saturated rings. The summed E-state index contributed by atoms with van der Waals surface area (Å²) in [6.07, 6.45) is -0.131. The summed E-state index contributed by atoms with van der Waals surface area (Å²) in [5, 5.41) is 2.05. The monoisotopic (exact) mass is 449 g/mol. The van der Waals surface area contributed by atoms with E-state index in [4.69, 9.17) is 27.7 Å². The number of hydrogen-bond donors (Lipinski definition) is 0. The molecule has 0 N–H and O–H groups in total. The Labute approximate surface area is 171 Å². The third kappa shape index (κ3) is 4.61. The van der Waals surface area contributed by atoms with E-state index in [2.05, 4.69) is 5.16 Å². The van der Waals surface area contributed by atoms with Gasteiger partial charge in [-0.25, -0.2) is 0 Å². The Morgan fingerprint density at radius 1 is 0.897 bits per heavy atom. The van der Waals surface area contributed by atoms with Crippen LogP contribution in [0.3, 0.4) is 0 Å². The molecular formula is C18H29NO8P2. The second-order valence-electron chi connectivity index (χ2n) is 5.94. The minimum Gasteiger partial charge on any atom is -0.497 e. The molecule has 0 saturated carbocycles. The first-order chi connectivity index (χ1) is 13.8. The average Bonchev–Trinajstić information content (AvgIpc) is 3.17. The van der Waals surface area contributed by atoms with Crippen molar-refractivity contribution in [2.75, 3.05) is 33.5 Å². The molecule has 1 aliphatic heterocycles. The number of ether oxygens (including phenoxy) is 1. The normalized spacial score (nSPS) is 16.4. The molecule has 0 atom stereocenters. The molecule has 0 spiro atoms. The van der Waals surface area contributed by atoms with E-state index in [1.807, 2.05) is 0 Å². The number of methoxy groups -OCH3 is 1. The van der Waals surface area contributed by atoms with Gasteiger partial charge in [-0.1, -0.05) is 5.16 Å². The van der Waals surface area contributed by atoms with Crippen molar-refractivity contribution < 1.29 is 36.8 Å². The number of oxime groups is 1. The summed E-state index contributed by atoms with van der Waals surface area (Å²) >= 11 is 0. The second kappa shape index (κ2) is 10.2. The number of benzene rings is 1. The summed E-state index contributed by atoms with van der Waals surface area (Å²) in [5.41, 5.74) is 1.11. The second-order valence-corrected chi connectivity index (χ2v) is 10.8. The van der Waals surface area contributed by atoms with Crippen molar-refractivity contribution in [1.82, 2.24) is 0 Å². The van der Waals surface area contributed by atoms with Crippen LogP contribution in [0.1, 0.15) is 39.7 Å². The number of rotatable bonds is 12. The summed E-state index contributed by atoms with van der Waals surface area (Å²) < 4.78 is 54.8. The zero-order chi connectivity index (χ0) is 21.5. The highest BCUT2D eigenvalue weighted by atomic mass is 31.2. The average molecular weight is 449 g/mol. The van der Waals surface area contributed by atoms with Gasteiger partial charge in [-0.3, -0.25) is 9.13 Å². The Bertz CT molecular complexity index is 746. The van der Waals surface area contributed by atoms with Gasteiger partial charge >= 0.3 is 20.3 Å². The molecule has 0 unspecified atom stereocenters. The molecule has 1 aromatic carbocycles. The van der Waals surface area contributed by atoms with Crippen molar-refractivity contribution in [2.45, 2.75) is 39.2 Å². The van der Waals surface area contributed by atoms with Gasteiger partial charge in [-0.15, -0.1) is 0 Å². The van der Waals surface area contributed by atoms with Gasteiger partial charge in [0.15, 0.2) is 0 Å². The van der Waals surface area contributed by atoms with Crippen LogP contribution in [0.15, 0.2) is 29.4 Å². The van der Waals surface area contributed by atoms with Crippen LogP contribution in [0.2, 0.25) is 0 Å². The summed E-state index contributed by atoms with van der Waals surface area (Å²) in [5.74, 6) is 0.670. The van der Waals surface area contributed by atoms with E-state index in [9.17, 15) is 9.13 Å². The summed E-state index contributed by atoms with van der Waals surface area (Å²) in [7, 11) is -6.69. The fourth-order valence-corrected chi connectivity index (χ4v) is 8.13. The molecule has 2 rings (SSSR count). The van der Waals surface area contributed by atoms with Crippen LogP contribution in [0.5, 0.6) is 5.75 Å². The Hall–Kier alpha value is -1.21. The van der Waals surface area contributed by atoms with Crippen LogP contribution in [-0.4, -0.2) is 44.3 Å². The van der Waals surface area contributed by atoms with E-state index >= 15 is 0 Å². The van der Waals surface area contributed by atoms with E-state index in [0.29, 0.717) is 17.0 Å². The lowest BCUT2D eigenvalue weighted by Crippen LogP contribution is -2.33. The van der Waals surface area contributed by atoms with Gasteiger partial charge in [0, 0.05) is 0 Å². The maximum atomic E-state index is 13.8. The Balaban J connectivity index is 2.54. The lowest BCUT2D eigenvalue weighted by atomic mass is 10.1. The van der Waals surface area contributed by atoms with Crippen LogP contribution in [0, 0.1) is 0 Å². The third-order valence-corrected chi connectivity index (χ3v) is 10.2. The van der Waals surface area contributed by atoms with Crippen LogP contribution in [0.4, 0.5) is 0 Å². The first-order valence-corrected chi connectivity index (χ1v) is 12.6. The molecule has 0 radical (unpaired) electrons. The first kappa shape index (κ1) is 24.1. The summed E-state index contributed by atoms with van der Waals surface area (Å²) in [6.45, 7) is 6.85. The lowest BCUT2D eigenvalue weighted by Gasteiger charge is -2.37. The van der Waals surface area contributed by atoms with E-state index in [1.54, 1.807) is 59.1 Å². The minimum absolute atomic E-state index is 0.0541. The Morgan fingerprint density at radius 3 is 1.72 bits per heavy atom. The van der Waals surface area contributed by atoms with E-state index in [-0.39, 0.29) is 32.8 Å². The zero-order valence-corrected chi connectivity index (χ0v) is 19.2. The highest BCUT2D eigenvalue weighted by Gasteiger charge is 2.71. The smallest absolute Gasteiger partial charge is 0.389 e. The highest BCUT2D eigenvalue weighted by Crippen LogP contribution is 2.80. The van der Waals surface area contributed by atoms with Gasteiger partial charge in [0.05, 0.1) is 45.7 Å². The quantitative estimate of drug-likeness (QED) is 0.411. The third-order valence-electron chi connectivity index (χ3n) is 4.18. The number of hydrogen-bond acceptors (Lipinski definition) is 9. The van der Waals surface area contributed by atoms with Crippen molar-refractivity contribution in [1.29, 1.82) is 0 Å². The lowest BCUT2D eigenvalue weighted by molar-refractivity contribution is 0.0382.